The Bertz CT molecular complexity index is 1140. The molecule has 0 aliphatic carbocycles. The van der Waals surface area contributed by atoms with Crippen LogP contribution in [0.25, 0.3) is 0 Å². The molecule has 1 saturated heterocycles. The van der Waals surface area contributed by atoms with Crippen molar-refractivity contribution >= 4 is 39.1 Å². The van der Waals surface area contributed by atoms with Crippen LogP contribution in [0.5, 0.6) is 0 Å². The number of nitrogens with zero attached hydrogens (tertiary/aromatic N) is 1. The fraction of sp³-hybridized carbons (Fsp3) is 0.417. The maximum atomic E-state index is 13.0. The lowest BCUT2D eigenvalue weighted by Crippen LogP contribution is -2.35. The van der Waals surface area contributed by atoms with E-state index in [9.17, 15) is 18.0 Å². The Balaban J connectivity index is 1.66. The monoisotopic (exact) mass is 488 g/mol. The number of anilines is 3. The standard InChI is InChI=1S/C24H32N4O5S/c1-4-33-24(30)27-21-10-8-9-20(18(21)3)25-16-23(29)26-22-15-19(12-11-17(22)2)34(31,32)28-13-6-5-7-14-28/h8-12,15,25H,4-7,13-14,16H2,1-3H3,(H,26,29)(H,27,30). The average molecular weight is 489 g/mol. The number of ether oxygens (including phenoxy) is 1. The Morgan fingerprint density at radius 3 is 2.38 bits per heavy atom. The topological polar surface area (TPSA) is 117 Å². The van der Waals surface area contributed by atoms with Crippen LogP contribution in [-0.4, -0.2) is 51.0 Å². The number of nitrogens with one attached hydrogen (secondary N) is 3. The van der Waals surface area contributed by atoms with Crippen LogP contribution >= 0.6 is 0 Å². The summed E-state index contributed by atoms with van der Waals surface area (Å²) in [5, 5.41) is 8.54. The third kappa shape index (κ3) is 6.27. The quantitative estimate of drug-likeness (QED) is 0.515. The molecule has 9 nitrogen and oxygen atoms in total. The predicted molar refractivity (Wildman–Crippen MR) is 133 cm³/mol. The van der Waals surface area contributed by atoms with Crippen LogP contribution in [0, 0.1) is 13.8 Å². The summed E-state index contributed by atoms with van der Waals surface area (Å²) in [5.74, 6) is -0.321. The molecule has 184 valence electrons. The van der Waals surface area contributed by atoms with E-state index in [2.05, 4.69) is 16.0 Å². The van der Waals surface area contributed by atoms with Crippen molar-refractivity contribution in [3.05, 3.63) is 47.5 Å². The molecule has 0 aromatic heterocycles. The number of aryl methyl sites for hydroxylation is 1. The lowest BCUT2D eigenvalue weighted by Gasteiger charge is -2.26. The Hall–Kier alpha value is -3.11. The first-order valence-electron chi connectivity index (χ1n) is 11.4. The molecule has 3 rings (SSSR count). The molecule has 0 bridgehead atoms. The minimum Gasteiger partial charge on any atom is -0.450 e. The van der Waals surface area contributed by atoms with Crippen molar-refractivity contribution in [1.82, 2.24) is 4.31 Å². The number of rotatable bonds is 8. The number of hydrogen-bond acceptors (Lipinski definition) is 6. The second kappa shape index (κ2) is 11.3. The summed E-state index contributed by atoms with van der Waals surface area (Å²) < 4.78 is 32.4. The van der Waals surface area contributed by atoms with Gasteiger partial charge in [0.05, 0.1) is 18.0 Å². The number of benzene rings is 2. The highest BCUT2D eigenvalue weighted by Crippen LogP contribution is 2.26. The van der Waals surface area contributed by atoms with E-state index >= 15 is 0 Å². The first-order chi connectivity index (χ1) is 16.2. The van der Waals surface area contributed by atoms with Crippen molar-refractivity contribution in [3.63, 3.8) is 0 Å². The van der Waals surface area contributed by atoms with Crippen molar-refractivity contribution < 1.29 is 22.7 Å². The SMILES string of the molecule is CCOC(=O)Nc1cccc(NCC(=O)Nc2cc(S(=O)(=O)N3CCCCC3)ccc2C)c1C. The second-order valence-electron chi connectivity index (χ2n) is 8.17. The molecule has 0 spiro atoms. The van der Waals surface area contributed by atoms with E-state index in [0.717, 1.165) is 30.4 Å². The van der Waals surface area contributed by atoms with E-state index in [1.807, 2.05) is 13.8 Å². The van der Waals surface area contributed by atoms with Gasteiger partial charge in [-0.2, -0.15) is 4.31 Å². The molecule has 0 atom stereocenters. The van der Waals surface area contributed by atoms with E-state index < -0.39 is 16.1 Å². The zero-order valence-corrected chi connectivity index (χ0v) is 20.6. The molecular weight excluding hydrogens is 456 g/mol. The van der Waals surface area contributed by atoms with Crippen LogP contribution in [-0.2, 0) is 19.6 Å². The maximum Gasteiger partial charge on any atom is 0.411 e. The summed E-state index contributed by atoms with van der Waals surface area (Å²) in [6.45, 7) is 6.63. The number of amides is 2. The lowest BCUT2D eigenvalue weighted by atomic mass is 10.1. The molecule has 0 unspecified atom stereocenters. The Kier molecular flexibility index (Phi) is 8.51. The molecule has 1 fully saturated rings. The van der Waals surface area contributed by atoms with E-state index in [4.69, 9.17) is 4.74 Å². The third-order valence-corrected chi connectivity index (χ3v) is 7.62. The van der Waals surface area contributed by atoms with Crippen molar-refractivity contribution in [2.24, 2.45) is 0 Å². The molecule has 0 radical (unpaired) electrons. The number of sulfonamides is 1. The van der Waals surface area contributed by atoms with Gasteiger partial charge in [-0.15, -0.1) is 0 Å². The summed E-state index contributed by atoms with van der Waals surface area (Å²) in [4.78, 5) is 24.5. The molecule has 1 heterocycles. The molecule has 10 heteroatoms. The molecular formula is C24H32N4O5S. The van der Waals surface area contributed by atoms with Gasteiger partial charge in [0.2, 0.25) is 15.9 Å². The van der Waals surface area contributed by atoms with Gasteiger partial charge in [-0.1, -0.05) is 18.6 Å². The van der Waals surface area contributed by atoms with Crippen LogP contribution in [0.1, 0.15) is 37.3 Å². The molecule has 2 aromatic carbocycles. The van der Waals surface area contributed by atoms with Gasteiger partial charge in [0.25, 0.3) is 0 Å². The third-order valence-electron chi connectivity index (χ3n) is 5.72. The molecule has 2 aromatic rings. The molecule has 2 amide bonds. The first-order valence-corrected chi connectivity index (χ1v) is 12.8. The smallest absolute Gasteiger partial charge is 0.411 e. The second-order valence-corrected chi connectivity index (χ2v) is 10.1. The van der Waals surface area contributed by atoms with E-state index in [1.54, 1.807) is 37.3 Å². The van der Waals surface area contributed by atoms with Gasteiger partial charge in [0.1, 0.15) is 0 Å². The van der Waals surface area contributed by atoms with Crippen molar-refractivity contribution in [2.75, 3.05) is 42.2 Å². The Morgan fingerprint density at radius 2 is 1.68 bits per heavy atom. The summed E-state index contributed by atoms with van der Waals surface area (Å²) in [6, 6.07) is 10.1. The predicted octanol–water partition coefficient (Wildman–Crippen LogP) is 4.10. The Labute approximate surface area is 200 Å². The zero-order chi connectivity index (χ0) is 24.7. The zero-order valence-electron chi connectivity index (χ0n) is 19.8. The lowest BCUT2D eigenvalue weighted by molar-refractivity contribution is -0.114. The summed E-state index contributed by atoms with van der Waals surface area (Å²) in [7, 11) is -3.60. The molecule has 1 aliphatic heterocycles. The highest BCUT2D eigenvalue weighted by molar-refractivity contribution is 7.89. The largest absolute Gasteiger partial charge is 0.450 e. The normalized spacial score (nSPS) is 14.3. The number of piperidine rings is 1. The van der Waals surface area contributed by atoms with Crippen LogP contribution in [0.15, 0.2) is 41.3 Å². The van der Waals surface area contributed by atoms with Crippen molar-refractivity contribution in [3.8, 4) is 0 Å². The maximum absolute atomic E-state index is 13.0. The van der Waals surface area contributed by atoms with Gasteiger partial charge in [0, 0.05) is 30.2 Å². The molecule has 34 heavy (non-hydrogen) atoms. The van der Waals surface area contributed by atoms with E-state index in [-0.39, 0.29) is 24.0 Å². The van der Waals surface area contributed by atoms with E-state index in [0.29, 0.717) is 30.2 Å². The number of carbonyl (C=O) groups is 2. The van der Waals surface area contributed by atoms with Crippen molar-refractivity contribution in [2.45, 2.75) is 44.9 Å². The summed E-state index contributed by atoms with van der Waals surface area (Å²) >= 11 is 0. The van der Waals surface area contributed by atoms with Crippen molar-refractivity contribution in [1.29, 1.82) is 0 Å². The van der Waals surface area contributed by atoms with E-state index in [1.165, 1.54) is 10.4 Å². The minimum absolute atomic E-state index is 0.0355. The van der Waals surface area contributed by atoms with Crippen LogP contribution in [0.4, 0.5) is 21.9 Å². The Morgan fingerprint density at radius 1 is 0.971 bits per heavy atom. The highest BCUT2D eigenvalue weighted by atomic mass is 32.2. The van der Waals surface area contributed by atoms with Crippen LogP contribution in [0.3, 0.4) is 0 Å². The van der Waals surface area contributed by atoms with Crippen LogP contribution < -0.4 is 16.0 Å². The van der Waals surface area contributed by atoms with Gasteiger partial charge >= 0.3 is 6.09 Å². The molecule has 3 N–H and O–H groups in total. The summed E-state index contributed by atoms with van der Waals surface area (Å²) in [6.07, 6.45) is 2.21. The van der Waals surface area contributed by atoms with Gasteiger partial charge in [0.15, 0.2) is 0 Å². The fourth-order valence-electron chi connectivity index (χ4n) is 3.76. The van der Waals surface area contributed by atoms with Gasteiger partial charge in [-0.05, 0) is 69.0 Å². The molecule has 0 saturated carbocycles. The van der Waals surface area contributed by atoms with Gasteiger partial charge < -0.3 is 15.4 Å². The summed E-state index contributed by atoms with van der Waals surface area (Å²) in [5.41, 5.74) is 3.24. The first kappa shape index (κ1) is 25.5. The number of hydrogen-bond donors (Lipinski definition) is 3. The highest BCUT2D eigenvalue weighted by Gasteiger charge is 2.26. The van der Waals surface area contributed by atoms with Crippen LogP contribution in [0.2, 0.25) is 0 Å². The fourth-order valence-corrected chi connectivity index (χ4v) is 5.30. The van der Waals surface area contributed by atoms with Gasteiger partial charge in [-0.25, -0.2) is 13.2 Å². The van der Waals surface area contributed by atoms with Gasteiger partial charge in [-0.3, -0.25) is 10.1 Å². The number of carbonyl (C=O) groups excluding carboxylic acids is 2. The molecule has 1 aliphatic rings. The average Bonchev–Trinajstić information content (AvgIpc) is 2.81. The minimum atomic E-state index is -3.60.